The third-order valence-electron chi connectivity index (χ3n) is 4.98. The van der Waals surface area contributed by atoms with Crippen LogP contribution in [-0.4, -0.2) is 29.3 Å². The highest BCUT2D eigenvalue weighted by atomic mass is 16.7. The van der Waals surface area contributed by atoms with Crippen molar-refractivity contribution in [2.45, 2.75) is 32.7 Å². The van der Waals surface area contributed by atoms with Gasteiger partial charge in [0.25, 0.3) is 5.79 Å². The second-order valence-corrected chi connectivity index (χ2v) is 7.17. The Morgan fingerprint density at radius 2 is 1.73 bits per heavy atom. The summed E-state index contributed by atoms with van der Waals surface area (Å²) in [6.45, 7) is 4.77. The Morgan fingerprint density at radius 1 is 1.07 bits per heavy atom. The second kappa shape index (κ2) is 8.30. The van der Waals surface area contributed by atoms with E-state index in [1.54, 1.807) is 24.3 Å². The maximum absolute atomic E-state index is 11.7. The third kappa shape index (κ3) is 3.94. The van der Waals surface area contributed by atoms with Crippen LogP contribution in [0.4, 0.5) is 0 Å². The second-order valence-electron chi connectivity index (χ2n) is 7.17. The van der Waals surface area contributed by atoms with Crippen molar-refractivity contribution in [2.75, 3.05) is 13.2 Å². The maximum atomic E-state index is 11.7. The summed E-state index contributed by atoms with van der Waals surface area (Å²) in [4.78, 5) is 16.3. The van der Waals surface area contributed by atoms with Gasteiger partial charge in [0.2, 0.25) is 5.89 Å². The number of aryl methyl sites for hydroxylation is 2. The van der Waals surface area contributed by atoms with E-state index in [4.69, 9.17) is 18.6 Å². The highest BCUT2D eigenvalue weighted by molar-refractivity contribution is 5.77. The fourth-order valence-electron chi connectivity index (χ4n) is 3.25. The van der Waals surface area contributed by atoms with Crippen LogP contribution in [0.5, 0.6) is 5.75 Å². The summed E-state index contributed by atoms with van der Waals surface area (Å²) in [5.74, 6) is -1.11. The highest BCUT2D eigenvalue weighted by Gasteiger charge is 2.45. The predicted octanol–water partition coefficient (Wildman–Crippen LogP) is 4.21. The molecule has 0 amide bonds. The van der Waals surface area contributed by atoms with Crippen molar-refractivity contribution < 1.29 is 28.5 Å². The van der Waals surface area contributed by atoms with E-state index in [1.807, 2.05) is 38.1 Å². The topological polar surface area (TPSA) is 91.0 Å². The van der Waals surface area contributed by atoms with Crippen molar-refractivity contribution in [1.82, 2.24) is 4.98 Å². The molecule has 0 unspecified atom stereocenters. The Kier molecular flexibility index (Phi) is 5.57. The number of aliphatic carboxylic acids is 1. The van der Waals surface area contributed by atoms with Crippen LogP contribution in [0.25, 0.3) is 11.5 Å². The van der Waals surface area contributed by atoms with Gasteiger partial charge in [-0.25, -0.2) is 9.78 Å². The number of carboxylic acids is 1. The minimum atomic E-state index is -1.76. The molecule has 0 radical (unpaired) electrons. The molecule has 0 aliphatic carbocycles. The lowest BCUT2D eigenvalue weighted by atomic mass is 10.0. The van der Waals surface area contributed by atoms with Crippen molar-refractivity contribution in [3.8, 4) is 17.2 Å². The molecule has 0 spiro atoms. The summed E-state index contributed by atoms with van der Waals surface area (Å²) >= 11 is 0. The van der Waals surface area contributed by atoms with E-state index in [1.165, 1.54) is 5.56 Å². The number of aromatic nitrogens is 1. The monoisotopic (exact) mass is 409 g/mol. The molecular weight excluding hydrogens is 386 g/mol. The molecule has 1 fully saturated rings. The number of nitrogens with zero attached hydrogens (tertiary/aromatic N) is 1. The van der Waals surface area contributed by atoms with E-state index < -0.39 is 11.8 Å². The van der Waals surface area contributed by atoms with Crippen molar-refractivity contribution >= 4 is 5.97 Å². The van der Waals surface area contributed by atoms with Gasteiger partial charge in [0.05, 0.1) is 13.2 Å². The largest absolute Gasteiger partial charge is 0.487 e. The molecule has 2 aromatic carbocycles. The minimum Gasteiger partial charge on any atom is -0.487 e. The first-order valence-electron chi connectivity index (χ1n) is 9.76. The molecule has 1 N–H and O–H groups in total. The molecule has 2 heterocycles. The zero-order chi connectivity index (χ0) is 21.1. The molecule has 0 atom stereocenters. The number of hydrogen-bond acceptors (Lipinski definition) is 6. The first-order valence-corrected chi connectivity index (χ1v) is 9.76. The molecule has 3 aromatic rings. The van der Waals surface area contributed by atoms with E-state index in [0.29, 0.717) is 48.3 Å². The van der Waals surface area contributed by atoms with Gasteiger partial charge < -0.3 is 23.7 Å². The minimum absolute atomic E-state index is 0.234. The summed E-state index contributed by atoms with van der Waals surface area (Å²) in [5, 5.41) is 9.61. The summed E-state index contributed by atoms with van der Waals surface area (Å²) in [5.41, 5.74) is 3.20. The first-order chi connectivity index (χ1) is 14.5. The van der Waals surface area contributed by atoms with E-state index in [9.17, 15) is 9.90 Å². The van der Waals surface area contributed by atoms with Gasteiger partial charge in [-0.05, 0) is 56.7 Å². The molecule has 7 heteroatoms. The maximum Gasteiger partial charge on any atom is 0.369 e. The molecule has 30 heavy (non-hydrogen) atoms. The van der Waals surface area contributed by atoms with Crippen LogP contribution in [-0.2, 0) is 26.7 Å². The predicted molar refractivity (Wildman–Crippen MR) is 108 cm³/mol. The van der Waals surface area contributed by atoms with Crippen LogP contribution in [0, 0.1) is 13.8 Å². The third-order valence-corrected chi connectivity index (χ3v) is 4.98. The highest BCUT2D eigenvalue weighted by Crippen LogP contribution is 2.32. The molecule has 4 rings (SSSR count). The van der Waals surface area contributed by atoms with Crippen LogP contribution >= 0.6 is 0 Å². The quantitative estimate of drug-likeness (QED) is 0.652. The van der Waals surface area contributed by atoms with Gasteiger partial charge >= 0.3 is 5.97 Å². The fourth-order valence-corrected chi connectivity index (χ4v) is 3.25. The average molecular weight is 409 g/mol. The van der Waals surface area contributed by atoms with Crippen LogP contribution < -0.4 is 4.74 Å². The average Bonchev–Trinajstić information content (AvgIpc) is 3.14. The van der Waals surface area contributed by atoms with E-state index in [-0.39, 0.29) is 6.61 Å². The summed E-state index contributed by atoms with van der Waals surface area (Å²) in [6, 6.07) is 14.6. The standard InChI is InChI=1S/C23H23NO6/c1-15-4-6-17(7-5-15)21-24-20(16(2)30-21)14-27-19-10-8-18(9-11-19)23(22(25)26)28-12-3-13-29-23/h4-11H,3,12-14H2,1-2H3,(H,25,26). The number of ether oxygens (including phenoxy) is 3. The van der Waals surface area contributed by atoms with Crippen LogP contribution in [0.2, 0.25) is 0 Å². The zero-order valence-corrected chi connectivity index (χ0v) is 16.9. The lowest BCUT2D eigenvalue weighted by molar-refractivity contribution is -0.273. The van der Waals surface area contributed by atoms with Crippen molar-refractivity contribution in [2.24, 2.45) is 0 Å². The van der Waals surface area contributed by atoms with Gasteiger partial charge in [0.15, 0.2) is 0 Å². The fraction of sp³-hybridized carbons (Fsp3) is 0.304. The number of oxazole rings is 1. The van der Waals surface area contributed by atoms with Crippen molar-refractivity contribution in [3.63, 3.8) is 0 Å². The van der Waals surface area contributed by atoms with E-state index in [0.717, 1.165) is 5.56 Å². The Bertz CT molecular complexity index is 1020. The normalized spacial score (nSPS) is 15.7. The lowest BCUT2D eigenvalue weighted by Crippen LogP contribution is -2.45. The molecule has 1 saturated heterocycles. The zero-order valence-electron chi connectivity index (χ0n) is 16.9. The van der Waals surface area contributed by atoms with Crippen molar-refractivity contribution in [1.29, 1.82) is 0 Å². The Morgan fingerprint density at radius 3 is 2.37 bits per heavy atom. The Balaban J connectivity index is 1.46. The summed E-state index contributed by atoms with van der Waals surface area (Å²) in [7, 11) is 0. The number of carboxylic acid groups (broad SMARTS) is 1. The summed E-state index contributed by atoms with van der Waals surface area (Å²) in [6.07, 6.45) is 0.665. The number of hydrogen-bond donors (Lipinski definition) is 1. The molecule has 1 aromatic heterocycles. The summed E-state index contributed by atoms with van der Waals surface area (Å²) < 4.78 is 22.5. The first kappa shape index (κ1) is 20.1. The SMILES string of the molecule is Cc1ccc(-c2nc(COc3ccc(C4(C(=O)O)OCCCO4)cc3)c(C)o2)cc1. The molecule has 1 aliphatic rings. The molecule has 1 aliphatic heterocycles. The van der Waals surface area contributed by atoms with Gasteiger partial charge in [-0.1, -0.05) is 17.7 Å². The molecule has 0 bridgehead atoms. The lowest BCUT2D eigenvalue weighted by Gasteiger charge is -2.33. The number of benzene rings is 2. The van der Waals surface area contributed by atoms with Crippen LogP contribution in [0.1, 0.15) is 29.0 Å². The number of carbonyl (C=O) groups is 1. The molecule has 156 valence electrons. The van der Waals surface area contributed by atoms with Gasteiger partial charge in [-0.15, -0.1) is 0 Å². The van der Waals surface area contributed by atoms with Crippen LogP contribution in [0.3, 0.4) is 0 Å². The number of rotatable bonds is 6. The van der Waals surface area contributed by atoms with Gasteiger partial charge in [-0.3, -0.25) is 0 Å². The van der Waals surface area contributed by atoms with Crippen molar-refractivity contribution in [3.05, 3.63) is 71.1 Å². The van der Waals surface area contributed by atoms with Gasteiger partial charge in [0, 0.05) is 11.1 Å². The Labute approximate surface area is 174 Å². The van der Waals surface area contributed by atoms with Gasteiger partial charge in [-0.2, -0.15) is 0 Å². The van der Waals surface area contributed by atoms with E-state index in [2.05, 4.69) is 4.98 Å². The molecule has 7 nitrogen and oxygen atoms in total. The smallest absolute Gasteiger partial charge is 0.369 e. The Hall–Kier alpha value is -3.16. The molecule has 0 saturated carbocycles. The van der Waals surface area contributed by atoms with E-state index >= 15 is 0 Å². The van der Waals surface area contributed by atoms with Gasteiger partial charge in [0.1, 0.15) is 23.8 Å². The molecular formula is C23H23NO6. The van der Waals surface area contributed by atoms with Crippen LogP contribution in [0.15, 0.2) is 52.9 Å².